The van der Waals surface area contributed by atoms with Crippen molar-refractivity contribution in [3.63, 3.8) is 0 Å². The third-order valence-electron chi connectivity index (χ3n) is 3.94. The first-order valence-electron chi connectivity index (χ1n) is 8.51. The van der Waals surface area contributed by atoms with Crippen LogP contribution in [0.5, 0.6) is 0 Å². The van der Waals surface area contributed by atoms with Crippen LogP contribution in [-0.4, -0.2) is 25.9 Å². The summed E-state index contributed by atoms with van der Waals surface area (Å²) in [6, 6.07) is 4.78. The molecule has 1 aromatic carbocycles. The Morgan fingerprint density at radius 3 is 2.71 bits per heavy atom. The maximum absolute atomic E-state index is 12.9. The van der Waals surface area contributed by atoms with Gasteiger partial charge >= 0.3 is 6.18 Å². The molecule has 6 nitrogen and oxygen atoms in total. The van der Waals surface area contributed by atoms with Crippen LogP contribution in [0.4, 0.5) is 18.3 Å². The summed E-state index contributed by atoms with van der Waals surface area (Å²) in [7, 11) is 0. The summed E-state index contributed by atoms with van der Waals surface area (Å²) in [5.74, 6) is -0.0209. The molecule has 3 rings (SSSR count). The van der Waals surface area contributed by atoms with E-state index < -0.39 is 17.6 Å². The van der Waals surface area contributed by atoms with Crippen molar-refractivity contribution in [2.24, 2.45) is 5.92 Å². The molecular weight excluding hydrogens is 391 g/mol. The van der Waals surface area contributed by atoms with E-state index >= 15 is 0 Å². The van der Waals surface area contributed by atoms with E-state index in [0.717, 1.165) is 23.6 Å². The molecule has 0 radical (unpaired) electrons. The second-order valence-electron chi connectivity index (χ2n) is 6.66. The lowest BCUT2D eigenvalue weighted by atomic mass is 10.1. The summed E-state index contributed by atoms with van der Waals surface area (Å²) in [6.07, 6.45) is -2.37. The number of hydrogen-bond donors (Lipinski definition) is 1. The number of halogens is 3. The first kappa shape index (κ1) is 20.0. The lowest BCUT2D eigenvalue weighted by Crippen LogP contribution is -2.13. The summed E-state index contributed by atoms with van der Waals surface area (Å²) in [6.45, 7) is 5.74. The van der Waals surface area contributed by atoms with E-state index in [1.807, 2.05) is 0 Å². The van der Waals surface area contributed by atoms with E-state index in [0.29, 0.717) is 16.7 Å². The molecule has 0 atom stereocenters. The topological polar surface area (TPSA) is 72.7 Å². The van der Waals surface area contributed by atoms with Gasteiger partial charge in [0.15, 0.2) is 0 Å². The molecule has 0 fully saturated rings. The molecule has 0 unspecified atom stereocenters. The molecule has 28 heavy (non-hydrogen) atoms. The maximum Gasteiger partial charge on any atom is 0.416 e. The standard InChI is InChI=1S/C18H18F3N5OS/c1-10(2)7-15-24-25-17(28-15)23-16(27)14-9-22-26(11(14)3)13-6-4-5-12(8-13)18(19,20)21/h4-6,8-10H,7H2,1-3H3,(H,23,25,27). The molecule has 0 saturated carbocycles. The number of benzene rings is 1. The van der Waals surface area contributed by atoms with Crippen molar-refractivity contribution in [2.75, 3.05) is 5.32 Å². The zero-order valence-electron chi connectivity index (χ0n) is 15.4. The number of carbonyl (C=O) groups excluding carboxylic acids is 1. The lowest BCUT2D eigenvalue weighted by Gasteiger charge is -2.10. The minimum atomic E-state index is -4.46. The number of nitrogens with one attached hydrogen (secondary N) is 1. The van der Waals surface area contributed by atoms with E-state index in [1.165, 1.54) is 34.3 Å². The van der Waals surface area contributed by atoms with Gasteiger partial charge in [-0.3, -0.25) is 10.1 Å². The Balaban J connectivity index is 1.81. The Morgan fingerprint density at radius 2 is 2.04 bits per heavy atom. The number of amides is 1. The third kappa shape index (κ3) is 4.38. The maximum atomic E-state index is 12.9. The molecule has 2 aromatic heterocycles. The molecule has 0 spiro atoms. The van der Waals surface area contributed by atoms with E-state index in [4.69, 9.17) is 0 Å². The predicted octanol–water partition coefficient (Wildman–Crippen LogP) is 4.50. The SMILES string of the molecule is Cc1c(C(=O)Nc2nnc(CC(C)C)s2)cnn1-c1cccc(C(F)(F)F)c1. The fraction of sp³-hybridized carbons (Fsp3) is 0.333. The van der Waals surface area contributed by atoms with Gasteiger partial charge in [-0.2, -0.15) is 18.3 Å². The van der Waals surface area contributed by atoms with Crippen molar-refractivity contribution in [1.82, 2.24) is 20.0 Å². The number of aromatic nitrogens is 4. The van der Waals surface area contributed by atoms with E-state index in [2.05, 4.69) is 34.5 Å². The Kier molecular flexibility index (Phi) is 5.50. The van der Waals surface area contributed by atoms with Crippen molar-refractivity contribution >= 4 is 22.4 Å². The lowest BCUT2D eigenvalue weighted by molar-refractivity contribution is -0.137. The number of nitrogens with zero attached hydrogens (tertiary/aromatic N) is 4. The number of carbonyl (C=O) groups is 1. The van der Waals surface area contributed by atoms with Gasteiger partial charge in [-0.1, -0.05) is 31.3 Å². The summed E-state index contributed by atoms with van der Waals surface area (Å²) in [5, 5.41) is 15.9. The van der Waals surface area contributed by atoms with E-state index in [-0.39, 0.29) is 11.3 Å². The van der Waals surface area contributed by atoms with Crippen LogP contribution in [0.2, 0.25) is 0 Å². The number of alkyl halides is 3. The van der Waals surface area contributed by atoms with E-state index in [9.17, 15) is 18.0 Å². The Labute approximate surface area is 163 Å². The first-order chi connectivity index (χ1) is 13.1. The first-order valence-corrected chi connectivity index (χ1v) is 9.32. The Morgan fingerprint density at radius 1 is 1.29 bits per heavy atom. The largest absolute Gasteiger partial charge is 0.416 e. The van der Waals surface area contributed by atoms with Crippen LogP contribution in [0.3, 0.4) is 0 Å². The zero-order chi connectivity index (χ0) is 20.5. The van der Waals surface area contributed by atoms with Gasteiger partial charge in [0.05, 0.1) is 28.7 Å². The van der Waals surface area contributed by atoms with Crippen LogP contribution in [0.1, 0.15) is 40.5 Å². The molecule has 0 saturated heterocycles. The highest BCUT2D eigenvalue weighted by atomic mass is 32.1. The van der Waals surface area contributed by atoms with Gasteiger partial charge in [-0.15, -0.1) is 10.2 Å². The summed E-state index contributed by atoms with van der Waals surface area (Å²) >= 11 is 1.29. The molecule has 148 valence electrons. The molecule has 0 aliphatic carbocycles. The fourth-order valence-corrected chi connectivity index (χ4v) is 3.55. The molecular formula is C18H18F3N5OS. The van der Waals surface area contributed by atoms with Gasteiger partial charge in [-0.25, -0.2) is 4.68 Å². The van der Waals surface area contributed by atoms with Crippen LogP contribution < -0.4 is 5.32 Å². The van der Waals surface area contributed by atoms with Crippen molar-refractivity contribution in [1.29, 1.82) is 0 Å². The van der Waals surface area contributed by atoms with Crippen LogP contribution >= 0.6 is 11.3 Å². The van der Waals surface area contributed by atoms with Crippen LogP contribution in [0.15, 0.2) is 30.5 Å². The molecule has 0 aliphatic rings. The second kappa shape index (κ2) is 7.70. The normalized spacial score (nSPS) is 11.8. The van der Waals surface area contributed by atoms with Gasteiger partial charge < -0.3 is 0 Å². The predicted molar refractivity (Wildman–Crippen MR) is 99.7 cm³/mol. The molecule has 0 bridgehead atoms. The Bertz CT molecular complexity index is 993. The van der Waals surface area contributed by atoms with Crippen molar-refractivity contribution in [2.45, 2.75) is 33.4 Å². The monoisotopic (exact) mass is 409 g/mol. The number of rotatable bonds is 5. The third-order valence-corrected chi connectivity index (χ3v) is 4.80. The van der Waals surface area contributed by atoms with Gasteiger partial charge in [0.1, 0.15) is 5.01 Å². The van der Waals surface area contributed by atoms with Gasteiger partial charge in [-0.05, 0) is 31.0 Å². The van der Waals surface area contributed by atoms with E-state index in [1.54, 1.807) is 6.92 Å². The average Bonchev–Trinajstić information content (AvgIpc) is 3.20. The van der Waals surface area contributed by atoms with Gasteiger partial charge in [0, 0.05) is 6.42 Å². The fourth-order valence-electron chi connectivity index (χ4n) is 2.61. The number of hydrogen-bond acceptors (Lipinski definition) is 5. The van der Waals surface area contributed by atoms with Crippen molar-refractivity contribution < 1.29 is 18.0 Å². The molecule has 3 aromatic rings. The highest BCUT2D eigenvalue weighted by Crippen LogP contribution is 2.30. The van der Waals surface area contributed by atoms with Gasteiger partial charge in [0.25, 0.3) is 5.91 Å². The van der Waals surface area contributed by atoms with Crippen LogP contribution in [0.25, 0.3) is 5.69 Å². The summed E-state index contributed by atoms with van der Waals surface area (Å²) < 4.78 is 40.1. The molecule has 0 aliphatic heterocycles. The van der Waals surface area contributed by atoms with Crippen molar-refractivity contribution in [3.05, 3.63) is 52.3 Å². The molecule has 10 heteroatoms. The molecule has 1 amide bonds. The molecule has 2 heterocycles. The quantitative estimate of drug-likeness (QED) is 0.673. The highest BCUT2D eigenvalue weighted by Gasteiger charge is 2.30. The summed E-state index contributed by atoms with van der Waals surface area (Å²) in [5.41, 5.74) is 0.112. The average molecular weight is 409 g/mol. The Hall–Kier alpha value is -2.75. The minimum absolute atomic E-state index is 0.224. The minimum Gasteiger partial charge on any atom is -0.296 e. The van der Waals surface area contributed by atoms with Crippen LogP contribution in [-0.2, 0) is 12.6 Å². The number of anilines is 1. The van der Waals surface area contributed by atoms with Crippen molar-refractivity contribution in [3.8, 4) is 5.69 Å². The smallest absolute Gasteiger partial charge is 0.296 e. The van der Waals surface area contributed by atoms with Crippen LogP contribution in [0, 0.1) is 12.8 Å². The highest BCUT2D eigenvalue weighted by molar-refractivity contribution is 7.15. The molecule has 1 N–H and O–H groups in total. The van der Waals surface area contributed by atoms with Gasteiger partial charge in [0.2, 0.25) is 5.13 Å². The zero-order valence-corrected chi connectivity index (χ0v) is 16.2. The second-order valence-corrected chi connectivity index (χ2v) is 7.72. The summed E-state index contributed by atoms with van der Waals surface area (Å²) in [4.78, 5) is 12.5.